The largest absolute Gasteiger partial charge is 0.350 e. The molecule has 0 bridgehead atoms. The lowest BCUT2D eigenvalue weighted by molar-refractivity contribution is 0.768. The molecule has 2 N–H and O–H groups in total. The van der Waals surface area contributed by atoms with Crippen LogP contribution in [-0.4, -0.2) is 14.8 Å². The zero-order chi connectivity index (χ0) is 13.0. The molecule has 2 heterocycles. The molecule has 0 saturated carbocycles. The average Bonchev–Trinajstić information content (AvgIpc) is 2.73. The van der Waals surface area contributed by atoms with E-state index in [4.69, 9.17) is 0 Å². The van der Waals surface area contributed by atoms with Crippen molar-refractivity contribution >= 4 is 11.4 Å². The number of nitrogens with zero attached hydrogens (tertiary/aromatic N) is 3. The molecule has 0 aliphatic rings. The van der Waals surface area contributed by atoms with Gasteiger partial charge in [0, 0.05) is 25.6 Å². The van der Waals surface area contributed by atoms with Crippen molar-refractivity contribution in [3.05, 3.63) is 48.0 Å². The zero-order valence-corrected chi connectivity index (χ0v) is 10.8. The van der Waals surface area contributed by atoms with E-state index < -0.39 is 0 Å². The van der Waals surface area contributed by atoms with Crippen LogP contribution in [0.5, 0.6) is 0 Å². The summed E-state index contributed by atoms with van der Waals surface area (Å²) in [4.78, 5) is 7.52. The van der Waals surface area contributed by atoms with E-state index in [9.17, 15) is 0 Å². The summed E-state index contributed by atoms with van der Waals surface area (Å²) in [5.41, 5.74) is 3.80. The lowest BCUT2D eigenvalue weighted by Crippen LogP contribution is -2.11. The number of H-pyrrole nitrogens is 1. The summed E-state index contributed by atoms with van der Waals surface area (Å²) >= 11 is 0. The van der Waals surface area contributed by atoms with Crippen molar-refractivity contribution in [2.75, 3.05) is 5.32 Å². The molecule has 0 unspecified atom stereocenters. The van der Waals surface area contributed by atoms with Crippen LogP contribution in [0.25, 0.3) is 0 Å². The highest BCUT2D eigenvalue weighted by atomic mass is 15.3. The summed E-state index contributed by atoms with van der Waals surface area (Å²) < 4.78 is 1.75. The van der Waals surface area contributed by atoms with Gasteiger partial charge in [-0.1, -0.05) is 5.57 Å². The van der Waals surface area contributed by atoms with Crippen LogP contribution in [0.15, 0.2) is 47.5 Å². The fourth-order valence-corrected chi connectivity index (χ4v) is 1.47. The van der Waals surface area contributed by atoms with Gasteiger partial charge in [0.25, 0.3) is 0 Å². The summed E-state index contributed by atoms with van der Waals surface area (Å²) in [6.45, 7) is 4.03. The first-order chi connectivity index (χ1) is 8.65. The molecule has 2 aromatic heterocycles. The first-order valence-corrected chi connectivity index (χ1v) is 5.76. The molecule has 5 nitrogen and oxygen atoms in total. The van der Waals surface area contributed by atoms with Crippen molar-refractivity contribution in [3.63, 3.8) is 0 Å². The summed E-state index contributed by atoms with van der Waals surface area (Å²) in [5.74, 6) is 0. The molecule has 2 rings (SSSR count). The molecule has 0 fully saturated rings. The van der Waals surface area contributed by atoms with Crippen LogP contribution in [0.2, 0.25) is 0 Å². The maximum absolute atomic E-state index is 4.40. The predicted octanol–water partition coefficient (Wildman–Crippen LogP) is 2.32. The first kappa shape index (κ1) is 12.2. The Morgan fingerprint density at radius 3 is 3.00 bits per heavy atom. The fourth-order valence-electron chi connectivity index (χ4n) is 1.47. The molecule has 0 aromatic carbocycles. The van der Waals surface area contributed by atoms with Gasteiger partial charge in [-0.05, 0) is 26.0 Å². The predicted molar refractivity (Wildman–Crippen MR) is 72.3 cm³/mol. The van der Waals surface area contributed by atoms with E-state index in [1.807, 2.05) is 51.6 Å². The van der Waals surface area contributed by atoms with Gasteiger partial charge in [0.05, 0.1) is 17.6 Å². The zero-order valence-electron chi connectivity index (χ0n) is 10.8. The molecule has 2 aromatic rings. The Morgan fingerprint density at radius 1 is 1.50 bits per heavy atom. The Balaban J connectivity index is 2.33. The van der Waals surface area contributed by atoms with Gasteiger partial charge in [0.1, 0.15) is 0 Å². The van der Waals surface area contributed by atoms with E-state index in [0.717, 1.165) is 22.4 Å². The highest BCUT2D eigenvalue weighted by Gasteiger charge is 1.98. The Kier molecular flexibility index (Phi) is 3.62. The first-order valence-electron chi connectivity index (χ1n) is 5.76. The molecule has 18 heavy (non-hydrogen) atoms. The second-order valence-corrected chi connectivity index (χ2v) is 4.30. The molecular formula is C13H17N5. The number of anilines is 2. The van der Waals surface area contributed by atoms with Crippen molar-refractivity contribution in [2.45, 2.75) is 13.8 Å². The number of aromatic nitrogens is 3. The fraction of sp³-hybridized carbons (Fsp3) is 0.231. The third-order valence-electron chi connectivity index (χ3n) is 2.27. The normalized spacial score (nSPS) is 11.4. The number of pyridine rings is 1. The monoisotopic (exact) mass is 243 g/mol. The van der Waals surface area contributed by atoms with E-state index in [0.29, 0.717) is 0 Å². The Hall–Kier alpha value is -2.30. The lowest BCUT2D eigenvalue weighted by Gasteiger charge is -2.03. The maximum atomic E-state index is 4.40. The second-order valence-electron chi connectivity index (χ2n) is 4.30. The number of allylic oxidation sites excluding steroid dienone is 1. The highest BCUT2D eigenvalue weighted by Crippen LogP contribution is 2.10. The Morgan fingerprint density at radius 2 is 2.33 bits per heavy atom. The van der Waals surface area contributed by atoms with Crippen LogP contribution in [0.3, 0.4) is 0 Å². The summed E-state index contributed by atoms with van der Waals surface area (Å²) in [7, 11) is 1.89. The van der Waals surface area contributed by atoms with Crippen molar-refractivity contribution in [1.82, 2.24) is 14.8 Å². The summed E-state index contributed by atoms with van der Waals surface area (Å²) in [6.07, 6.45) is 7.38. The van der Waals surface area contributed by atoms with Crippen molar-refractivity contribution in [1.29, 1.82) is 0 Å². The van der Waals surface area contributed by atoms with Gasteiger partial charge in [-0.15, -0.1) is 0 Å². The molecule has 0 atom stereocenters. The Labute approximate surface area is 106 Å². The standard InChI is InChI=1S/C13H17N5/c1-10(2)7-15-13-12(5-4-6-14-13)17-11-8-16-18(3)9-11/h4-9,17H,1-3H3,(H,14,15). The van der Waals surface area contributed by atoms with Crippen molar-refractivity contribution in [3.8, 4) is 0 Å². The van der Waals surface area contributed by atoms with Crippen LogP contribution in [-0.2, 0) is 7.05 Å². The van der Waals surface area contributed by atoms with Gasteiger partial charge in [-0.25, -0.2) is 4.99 Å². The molecule has 0 aliphatic carbocycles. The average molecular weight is 243 g/mol. The Bertz CT molecular complexity index is 614. The highest BCUT2D eigenvalue weighted by molar-refractivity contribution is 5.56. The van der Waals surface area contributed by atoms with Gasteiger partial charge in [0.2, 0.25) is 0 Å². The van der Waals surface area contributed by atoms with E-state index in [1.54, 1.807) is 10.9 Å². The van der Waals surface area contributed by atoms with Gasteiger partial charge in [-0.2, -0.15) is 5.10 Å². The van der Waals surface area contributed by atoms with Crippen LogP contribution >= 0.6 is 0 Å². The minimum atomic E-state index is 0.794. The lowest BCUT2D eigenvalue weighted by atomic mass is 10.4. The molecule has 94 valence electrons. The van der Waals surface area contributed by atoms with Crippen LogP contribution in [0.1, 0.15) is 13.8 Å². The minimum Gasteiger partial charge on any atom is -0.350 e. The number of hydrogen-bond acceptors (Lipinski definition) is 3. The van der Waals surface area contributed by atoms with Crippen LogP contribution in [0, 0.1) is 0 Å². The number of aryl methyl sites for hydroxylation is 1. The molecule has 0 aliphatic heterocycles. The quantitative estimate of drug-likeness (QED) is 0.869. The maximum Gasteiger partial charge on any atom is 0.153 e. The van der Waals surface area contributed by atoms with Gasteiger partial charge in [-0.3, -0.25) is 4.68 Å². The molecule has 0 radical (unpaired) electrons. The third-order valence-corrected chi connectivity index (χ3v) is 2.27. The minimum absolute atomic E-state index is 0.794. The van der Waals surface area contributed by atoms with Crippen molar-refractivity contribution < 1.29 is 0 Å². The number of aromatic amines is 1. The third kappa shape index (κ3) is 3.10. The molecular weight excluding hydrogens is 226 g/mol. The van der Waals surface area contributed by atoms with E-state index in [2.05, 4.69) is 20.4 Å². The number of nitrogens with one attached hydrogen (secondary N) is 2. The van der Waals surface area contributed by atoms with Gasteiger partial charge in [0.15, 0.2) is 5.49 Å². The smallest absolute Gasteiger partial charge is 0.153 e. The van der Waals surface area contributed by atoms with Crippen molar-refractivity contribution in [2.24, 2.45) is 12.0 Å². The second kappa shape index (κ2) is 5.35. The summed E-state index contributed by atoms with van der Waals surface area (Å²) in [6, 6.07) is 3.90. The van der Waals surface area contributed by atoms with E-state index >= 15 is 0 Å². The summed E-state index contributed by atoms with van der Waals surface area (Å²) in [5, 5.41) is 7.40. The van der Waals surface area contributed by atoms with Gasteiger partial charge >= 0.3 is 0 Å². The van der Waals surface area contributed by atoms with E-state index in [-0.39, 0.29) is 0 Å². The van der Waals surface area contributed by atoms with Crippen LogP contribution in [0.4, 0.5) is 11.4 Å². The molecule has 0 spiro atoms. The molecule has 0 saturated heterocycles. The topological polar surface area (TPSA) is 58.0 Å². The number of rotatable bonds is 3. The van der Waals surface area contributed by atoms with Crippen LogP contribution < -0.4 is 10.8 Å². The number of hydrogen-bond donors (Lipinski definition) is 2. The molecule has 0 amide bonds. The molecule has 5 heteroatoms. The van der Waals surface area contributed by atoms with Gasteiger partial charge < -0.3 is 10.3 Å². The van der Waals surface area contributed by atoms with E-state index in [1.165, 1.54) is 0 Å². The SMILES string of the molecule is CC(C)=C/N=c1\[nH]cccc1Nc1cnn(C)c1.